The number of aryl methyl sites for hydroxylation is 1. The van der Waals surface area contributed by atoms with Crippen LogP contribution in [0.1, 0.15) is 16.7 Å². The number of rotatable bonds is 9. The number of hydrogen-bond acceptors (Lipinski definition) is 3. The Labute approximate surface area is 183 Å². The van der Waals surface area contributed by atoms with Gasteiger partial charge in [0.05, 0.1) is 6.61 Å². The van der Waals surface area contributed by atoms with Crippen molar-refractivity contribution >= 4 is 29.9 Å². The van der Waals surface area contributed by atoms with Crippen LogP contribution < -0.4 is 15.4 Å². The van der Waals surface area contributed by atoms with Crippen LogP contribution in [0, 0.1) is 12.7 Å². The van der Waals surface area contributed by atoms with Gasteiger partial charge in [-0.25, -0.2) is 4.39 Å². The van der Waals surface area contributed by atoms with Crippen LogP contribution >= 0.6 is 24.0 Å². The van der Waals surface area contributed by atoms with Gasteiger partial charge < -0.3 is 20.1 Å². The van der Waals surface area contributed by atoms with Crippen molar-refractivity contribution in [2.24, 2.45) is 4.99 Å². The predicted molar refractivity (Wildman–Crippen MR) is 122 cm³/mol. The van der Waals surface area contributed by atoms with E-state index < -0.39 is 0 Å². The number of methoxy groups -OCH3 is 1. The van der Waals surface area contributed by atoms with Crippen molar-refractivity contribution in [3.63, 3.8) is 0 Å². The van der Waals surface area contributed by atoms with E-state index in [1.54, 1.807) is 26.3 Å². The van der Waals surface area contributed by atoms with Gasteiger partial charge in [-0.3, -0.25) is 4.99 Å². The Morgan fingerprint density at radius 2 is 1.86 bits per heavy atom. The van der Waals surface area contributed by atoms with Gasteiger partial charge in [0.1, 0.15) is 18.2 Å². The highest BCUT2D eigenvalue weighted by atomic mass is 127. The molecule has 0 aliphatic heterocycles. The quantitative estimate of drug-likeness (QED) is 0.238. The maximum Gasteiger partial charge on any atom is 0.191 e. The van der Waals surface area contributed by atoms with Gasteiger partial charge in [-0.1, -0.05) is 30.3 Å². The van der Waals surface area contributed by atoms with Crippen molar-refractivity contribution in [1.82, 2.24) is 10.6 Å². The number of benzene rings is 2. The zero-order valence-corrected chi connectivity index (χ0v) is 19.0. The SMILES string of the molecule is CN=C(NCCc1ccccc1F)NCc1ccc(C)cc1OCCOC.I. The molecule has 0 fully saturated rings. The summed E-state index contributed by atoms with van der Waals surface area (Å²) >= 11 is 0. The average molecular weight is 501 g/mol. The third-order valence-electron chi connectivity index (χ3n) is 4.08. The van der Waals surface area contributed by atoms with Gasteiger partial charge in [0.25, 0.3) is 0 Å². The molecule has 0 aliphatic carbocycles. The summed E-state index contributed by atoms with van der Waals surface area (Å²) in [4.78, 5) is 4.22. The highest BCUT2D eigenvalue weighted by Gasteiger charge is 2.06. The number of nitrogens with one attached hydrogen (secondary N) is 2. The molecule has 0 aromatic heterocycles. The highest BCUT2D eigenvalue weighted by Crippen LogP contribution is 2.20. The van der Waals surface area contributed by atoms with Crippen LogP contribution in [0.15, 0.2) is 47.5 Å². The Morgan fingerprint density at radius 3 is 2.57 bits per heavy atom. The Balaban J connectivity index is 0.00000392. The minimum atomic E-state index is -0.181. The smallest absolute Gasteiger partial charge is 0.191 e. The Kier molecular flexibility index (Phi) is 11.5. The summed E-state index contributed by atoms with van der Waals surface area (Å²) in [6.07, 6.45) is 0.587. The van der Waals surface area contributed by atoms with Crippen molar-refractivity contribution in [2.75, 3.05) is 33.9 Å². The molecule has 2 aromatic rings. The lowest BCUT2D eigenvalue weighted by molar-refractivity contribution is 0.145. The van der Waals surface area contributed by atoms with Crippen LogP contribution in [0.25, 0.3) is 0 Å². The maximum absolute atomic E-state index is 13.7. The molecule has 0 atom stereocenters. The first-order chi connectivity index (χ1) is 13.1. The lowest BCUT2D eigenvalue weighted by Gasteiger charge is -2.15. The van der Waals surface area contributed by atoms with E-state index in [4.69, 9.17) is 9.47 Å². The number of ether oxygens (including phenoxy) is 2. The molecule has 0 radical (unpaired) electrons. The van der Waals surface area contributed by atoms with E-state index in [-0.39, 0.29) is 29.8 Å². The van der Waals surface area contributed by atoms with Crippen molar-refractivity contribution in [2.45, 2.75) is 19.9 Å². The van der Waals surface area contributed by atoms with E-state index >= 15 is 0 Å². The van der Waals surface area contributed by atoms with Gasteiger partial charge >= 0.3 is 0 Å². The zero-order valence-electron chi connectivity index (χ0n) is 16.6. The van der Waals surface area contributed by atoms with E-state index in [0.717, 1.165) is 16.9 Å². The third-order valence-corrected chi connectivity index (χ3v) is 4.08. The summed E-state index contributed by atoms with van der Waals surface area (Å²) in [7, 11) is 3.36. The largest absolute Gasteiger partial charge is 0.491 e. The Bertz CT molecular complexity index is 756. The van der Waals surface area contributed by atoms with Crippen LogP contribution in [0.5, 0.6) is 5.75 Å². The molecule has 0 spiro atoms. The summed E-state index contributed by atoms with van der Waals surface area (Å²) in [6, 6.07) is 12.9. The second-order valence-electron chi connectivity index (χ2n) is 6.15. The molecular formula is C21H29FIN3O2. The van der Waals surface area contributed by atoms with Gasteiger partial charge in [0, 0.05) is 32.8 Å². The fourth-order valence-electron chi connectivity index (χ4n) is 2.59. The lowest BCUT2D eigenvalue weighted by Crippen LogP contribution is -2.38. The van der Waals surface area contributed by atoms with E-state index in [2.05, 4.69) is 21.7 Å². The Hall–Kier alpha value is -1.87. The van der Waals surface area contributed by atoms with Gasteiger partial charge in [0.15, 0.2) is 5.96 Å². The van der Waals surface area contributed by atoms with Crippen LogP contribution in [-0.2, 0) is 17.7 Å². The first kappa shape index (κ1) is 24.2. The van der Waals surface area contributed by atoms with Gasteiger partial charge in [0.2, 0.25) is 0 Å². The minimum absolute atomic E-state index is 0. The predicted octanol–water partition coefficient (Wildman–Crippen LogP) is 3.69. The van der Waals surface area contributed by atoms with Gasteiger partial charge in [-0.15, -0.1) is 24.0 Å². The molecule has 0 saturated carbocycles. The summed E-state index contributed by atoms with van der Waals surface area (Å²) in [5.74, 6) is 1.32. The Morgan fingerprint density at radius 1 is 1.07 bits per heavy atom. The topological polar surface area (TPSA) is 54.9 Å². The fraction of sp³-hybridized carbons (Fsp3) is 0.381. The first-order valence-corrected chi connectivity index (χ1v) is 9.03. The summed E-state index contributed by atoms with van der Waals surface area (Å²) in [5, 5.41) is 6.48. The van der Waals surface area contributed by atoms with Gasteiger partial charge in [-0.2, -0.15) is 0 Å². The first-order valence-electron chi connectivity index (χ1n) is 9.03. The van der Waals surface area contributed by atoms with Crippen LogP contribution in [0.2, 0.25) is 0 Å². The number of halogens is 2. The standard InChI is InChI=1S/C21H28FN3O2.HI/c1-16-8-9-18(20(14-16)27-13-12-26-3)15-25-21(23-2)24-11-10-17-6-4-5-7-19(17)22;/h4-9,14H,10-13,15H2,1-3H3,(H2,23,24,25);1H. The number of aliphatic imine (C=N–C) groups is 1. The van der Waals surface area contributed by atoms with E-state index in [1.807, 2.05) is 25.1 Å². The molecule has 0 bridgehead atoms. The monoisotopic (exact) mass is 501 g/mol. The number of nitrogens with zero attached hydrogens (tertiary/aromatic N) is 1. The molecule has 5 nitrogen and oxygen atoms in total. The molecule has 154 valence electrons. The number of guanidine groups is 1. The van der Waals surface area contributed by atoms with E-state index in [1.165, 1.54) is 6.07 Å². The molecule has 0 unspecified atom stereocenters. The molecule has 0 saturated heterocycles. The summed E-state index contributed by atoms with van der Waals surface area (Å²) in [6.45, 7) is 4.24. The molecule has 2 aromatic carbocycles. The normalized spacial score (nSPS) is 10.9. The van der Waals surface area contributed by atoms with E-state index in [0.29, 0.717) is 44.2 Å². The van der Waals surface area contributed by atoms with Crippen LogP contribution in [-0.4, -0.2) is 39.9 Å². The molecule has 0 aliphatic rings. The molecular weight excluding hydrogens is 472 g/mol. The molecule has 2 rings (SSSR count). The molecule has 7 heteroatoms. The van der Waals surface area contributed by atoms with Crippen molar-refractivity contribution in [1.29, 1.82) is 0 Å². The van der Waals surface area contributed by atoms with Crippen LogP contribution in [0.3, 0.4) is 0 Å². The summed E-state index contributed by atoms with van der Waals surface area (Å²) < 4.78 is 24.5. The summed E-state index contributed by atoms with van der Waals surface area (Å²) in [5.41, 5.74) is 2.86. The molecule has 2 N–H and O–H groups in total. The van der Waals surface area contributed by atoms with Crippen LogP contribution in [0.4, 0.5) is 4.39 Å². The highest BCUT2D eigenvalue weighted by molar-refractivity contribution is 14.0. The average Bonchev–Trinajstić information content (AvgIpc) is 2.67. The molecule has 0 amide bonds. The third kappa shape index (κ3) is 8.02. The van der Waals surface area contributed by atoms with Crippen molar-refractivity contribution in [3.05, 3.63) is 65.0 Å². The molecule has 28 heavy (non-hydrogen) atoms. The second kappa shape index (κ2) is 13.3. The molecule has 0 heterocycles. The minimum Gasteiger partial charge on any atom is -0.491 e. The lowest BCUT2D eigenvalue weighted by atomic mass is 10.1. The second-order valence-corrected chi connectivity index (χ2v) is 6.15. The number of hydrogen-bond donors (Lipinski definition) is 2. The fourth-order valence-corrected chi connectivity index (χ4v) is 2.59. The van der Waals surface area contributed by atoms with E-state index in [9.17, 15) is 4.39 Å². The van der Waals surface area contributed by atoms with Crippen molar-refractivity contribution < 1.29 is 13.9 Å². The van der Waals surface area contributed by atoms with Crippen molar-refractivity contribution in [3.8, 4) is 5.75 Å². The van der Waals surface area contributed by atoms with Gasteiger partial charge in [-0.05, 0) is 36.6 Å². The zero-order chi connectivity index (χ0) is 19.5. The maximum atomic E-state index is 13.7.